The summed E-state index contributed by atoms with van der Waals surface area (Å²) in [5.74, 6) is -0.342. The van der Waals surface area contributed by atoms with Crippen LogP contribution in [0.25, 0.3) is 0 Å². The fraction of sp³-hybridized carbons (Fsp3) is 0.0833. The number of thiophene rings is 1. The van der Waals surface area contributed by atoms with Crippen molar-refractivity contribution in [2.24, 2.45) is 5.14 Å². The summed E-state index contributed by atoms with van der Waals surface area (Å²) < 4.78 is 22.6. The molecule has 5 nitrogen and oxygen atoms in total. The molecule has 106 valence electrons. The van der Waals surface area contributed by atoms with E-state index in [1.54, 1.807) is 5.38 Å². The zero-order valence-corrected chi connectivity index (χ0v) is 12.8. The van der Waals surface area contributed by atoms with Gasteiger partial charge in [0.05, 0.1) is 20.5 Å². The van der Waals surface area contributed by atoms with E-state index in [2.05, 4.69) is 5.32 Å². The molecule has 0 saturated carbocycles. The molecule has 0 radical (unpaired) electrons. The lowest BCUT2D eigenvalue weighted by atomic mass is 10.2. The Morgan fingerprint density at radius 3 is 2.60 bits per heavy atom. The van der Waals surface area contributed by atoms with Crippen LogP contribution in [-0.4, -0.2) is 14.3 Å². The first-order valence-electron chi connectivity index (χ1n) is 5.47. The van der Waals surface area contributed by atoms with E-state index < -0.39 is 10.0 Å². The molecule has 3 N–H and O–H groups in total. The zero-order chi connectivity index (χ0) is 14.9. The van der Waals surface area contributed by atoms with Crippen LogP contribution in [-0.2, 0) is 10.0 Å². The van der Waals surface area contributed by atoms with Gasteiger partial charge in [0.25, 0.3) is 5.91 Å². The predicted octanol–water partition coefficient (Wildman–Crippen LogP) is 2.61. The highest BCUT2D eigenvalue weighted by atomic mass is 35.5. The van der Waals surface area contributed by atoms with Crippen LogP contribution >= 0.6 is 22.9 Å². The highest BCUT2D eigenvalue weighted by Crippen LogP contribution is 2.26. The number of halogens is 1. The van der Waals surface area contributed by atoms with Gasteiger partial charge in [-0.1, -0.05) is 11.6 Å². The number of aryl methyl sites for hydroxylation is 1. The average molecular weight is 331 g/mol. The molecule has 2 rings (SSSR count). The minimum absolute atomic E-state index is 0.111. The largest absolute Gasteiger partial charge is 0.320 e. The van der Waals surface area contributed by atoms with Gasteiger partial charge in [-0.05, 0) is 42.1 Å². The molecule has 8 heteroatoms. The number of nitrogens with one attached hydrogen (secondary N) is 1. The minimum Gasteiger partial charge on any atom is -0.320 e. The molecule has 1 aromatic heterocycles. The summed E-state index contributed by atoms with van der Waals surface area (Å²) in [5, 5.41) is 9.66. The molecule has 0 aliphatic heterocycles. The SMILES string of the molecule is Cc1ccsc1C(=O)Nc1cc(S(N)(=O)=O)ccc1Cl. The summed E-state index contributed by atoms with van der Waals surface area (Å²) >= 11 is 7.24. The van der Waals surface area contributed by atoms with Gasteiger partial charge in [0.15, 0.2) is 0 Å². The Kier molecular flexibility index (Phi) is 4.14. The summed E-state index contributed by atoms with van der Waals surface area (Å²) in [5.41, 5.74) is 1.04. The Morgan fingerprint density at radius 2 is 2.05 bits per heavy atom. The van der Waals surface area contributed by atoms with Crippen LogP contribution in [0.2, 0.25) is 5.02 Å². The van der Waals surface area contributed by atoms with E-state index in [1.165, 1.54) is 29.5 Å². The van der Waals surface area contributed by atoms with Crippen LogP contribution in [0.5, 0.6) is 0 Å². The van der Waals surface area contributed by atoms with Crippen molar-refractivity contribution in [3.8, 4) is 0 Å². The Labute approximate surface area is 125 Å². The van der Waals surface area contributed by atoms with Gasteiger partial charge in [-0.15, -0.1) is 11.3 Å². The van der Waals surface area contributed by atoms with Gasteiger partial charge in [-0.25, -0.2) is 13.6 Å². The molecule has 0 fully saturated rings. The summed E-state index contributed by atoms with van der Waals surface area (Å²) in [4.78, 5) is 12.5. The number of amides is 1. The Hall–Kier alpha value is -1.41. The molecule has 1 amide bonds. The molecule has 2 aromatic rings. The second-order valence-corrected chi connectivity index (χ2v) is 6.96. The van der Waals surface area contributed by atoms with Gasteiger partial charge >= 0.3 is 0 Å². The predicted molar refractivity (Wildman–Crippen MR) is 79.8 cm³/mol. The first-order chi connectivity index (χ1) is 9.29. The number of anilines is 1. The molecule has 0 aliphatic rings. The molecule has 0 atom stereocenters. The zero-order valence-electron chi connectivity index (χ0n) is 10.4. The maximum Gasteiger partial charge on any atom is 0.266 e. The van der Waals surface area contributed by atoms with Gasteiger partial charge in [0, 0.05) is 0 Å². The normalized spacial score (nSPS) is 11.3. The van der Waals surface area contributed by atoms with Crippen molar-refractivity contribution in [3.63, 3.8) is 0 Å². The smallest absolute Gasteiger partial charge is 0.266 e. The van der Waals surface area contributed by atoms with Crippen molar-refractivity contribution in [1.82, 2.24) is 0 Å². The van der Waals surface area contributed by atoms with Crippen molar-refractivity contribution in [2.75, 3.05) is 5.32 Å². The lowest BCUT2D eigenvalue weighted by Gasteiger charge is -2.08. The van der Waals surface area contributed by atoms with E-state index in [0.29, 0.717) is 4.88 Å². The third kappa shape index (κ3) is 3.18. The number of hydrogen-bond donors (Lipinski definition) is 2. The fourth-order valence-corrected chi connectivity index (χ4v) is 3.09. The van der Waals surface area contributed by atoms with Crippen LogP contribution in [0.1, 0.15) is 15.2 Å². The monoisotopic (exact) mass is 330 g/mol. The number of hydrogen-bond acceptors (Lipinski definition) is 4. The molecule has 1 aromatic carbocycles. The number of carbonyl (C=O) groups is 1. The van der Waals surface area contributed by atoms with Crippen molar-refractivity contribution in [2.45, 2.75) is 11.8 Å². The summed E-state index contributed by atoms with van der Waals surface area (Å²) in [6, 6.07) is 5.71. The van der Waals surface area contributed by atoms with Gasteiger partial charge < -0.3 is 5.32 Å². The molecule has 1 heterocycles. The number of sulfonamides is 1. The highest BCUT2D eigenvalue weighted by Gasteiger charge is 2.15. The second-order valence-electron chi connectivity index (χ2n) is 4.07. The van der Waals surface area contributed by atoms with E-state index in [-0.39, 0.29) is 21.5 Å². The minimum atomic E-state index is -3.85. The van der Waals surface area contributed by atoms with E-state index in [1.807, 2.05) is 13.0 Å². The van der Waals surface area contributed by atoms with Gasteiger partial charge in [0.2, 0.25) is 10.0 Å². The lowest BCUT2D eigenvalue weighted by Crippen LogP contribution is -2.15. The van der Waals surface area contributed by atoms with Crippen molar-refractivity contribution in [3.05, 3.63) is 45.1 Å². The standard InChI is InChI=1S/C12H11ClN2O3S2/c1-7-4-5-19-11(7)12(16)15-10-6-8(20(14,17)18)2-3-9(10)13/h2-6H,1H3,(H,15,16)(H2,14,17,18). The molecule has 20 heavy (non-hydrogen) atoms. The van der Waals surface area contributed by atoms with Gasteiger partial charge in [-0.2, -0.15) is 0 Å². The number of nitrogens with two attached hydrogens (primary N) is 1. The van der Waals surface area contributed by atoms with Gasteiger partial charge in [-0.3, -0.25) is 4.79 Å². The number of benzene rings is 1. The van der Waals surface area contributed by atoms with Crippen LogP contribution in [0.4, 0.5) is 5.69 Å². The first kappa shape index (κ1) is 15.0. The van der Waals surface area contributed by atoms with E-state index in [0.717, 1.165) is 5.56 Å². The van der Waals surface area contributed by atoms with Crippen molar-refractivity contribution in [1.29, 1.82) is 0 Å². The first-order valence-corrected chi connectivity index (χ1v) is 8.27. The number of primary sulfonamides is 1. The maximum absolute atomic E-state index is 12.1. The average Bonchev–Trinajstić information content (AvgIpc) is 2.77. The van der Waals surface area contributed by atoms with E-state index in [9.17, 15) is 13.2 Å². The van der Waals surface area contributed by atoms with Gasteiger partial charge in [0.1, 0.15) is 0 Å². The summed E-state index contributed by atoms with van der Waals surface area (Å²) in [6.45, 7) is 1.81. The molecule has 0 aliphatic carbocycles. The molecule has 0 saturated heterocycles. The van der Waals surface area contributed by atoms with Crippen LogP contribution in [0, 0.1) is 6.92 Å². The lowest BCUT2D eigenvalue weighted by molar-refractivity contribution is 0.103. The molecule has 0 bridgehead atoms. The number of rotatable bonds is 3. The van der Waals surface area contributed by atoms with E-state index >= 15 is 0 Å². The third-order valence-corrected chi connectivity index (χ3v) is 4.84. The molecule has 0 spiro atoms. The Bertz CT molecular complexity index is 769. The van der Waals surface area contributed by atoms with Crippen LogP contribution < -0.4 is 10.5 Å². The molecular weight excluding hydrogens is 320 g/mol. The Balaban J connectivity index is 2.34. The Morgan fingerprint density at radius 1 is 1.35 bits per heavy atom. The summed E-state index contributed by atoms with van der Waals surface area (Å²) in [6.07, 6.45) is 0. The highest BCUT2D eigenvalue weighted by molar-refractivity contribution is 7.89. The van der Waals surface area contributed by atoms with E-state index in [4.69, 9.17) is 16.7 Å². The van der Waals surface area contributed by atoms with Crippen LogP contribution in [0.3, 0.4) is 0 Å². The summed E-state index contributed by atoms with van der Waals surface area (Å²) in [7, 11) is -3.85. The number of carbonyl (C=O) groups excluding carboxylic acids is 1. The third-order valence-electron chi connectivity index (χ3n) is 2.58. The second kappa shape index (κ2) is 5.53. The quantitative estimate of drug-likeness (QED) is 0.906. The topological polar surface area (TPSA) is 89.3 Å². The fourth-order valence-electron chi connectivity index (χ4n) is 1.56. The maximum atomic E-state index is 12.1. The van der Waals surface area contributed by atoms with Crippen LogP contribution in [0.15, 0.2) is 34.5 Å². The molecular formula is C12H11ClN2O3S2. The molecule has 0 unspecified atom stereocenters. The van der Waals surface area contributed by atoms with Crippen molar-refractivity contribution < 1.29 is 13.2 Å². The van der Waals surface area contributed by atoms with Crippen molar-refractivity contribution >= 4 is 44.6 Å².